The zero-order valence-electron chi connectivity index (χ0n) is 12.2. The number of nitro groups is 1. The maximum atomic E-state index is 12.0. The third kappa shape index (κ3) is 4.64. The predicted molar refractivity (Wildman–Crippen MR) is 83.5 cm³/mol. The van der Waals surface area contributed by atoms with E-state index in [2.05, 4.69) is 5.32 Å². The van der Waals surface area contributed by atoms with Crippen LogP contribution in [-0.2, 0) is 9.59 Å². The molecule has 1 aliphatic heterocycles. The van der Waals surface area contributed by atoms with Gasteiger partial charge in [0.05, 0.1) is 28.1 Å². The average molecular weight is 342 g/mol. The van der Waals surface area contributed by atoms with Gasteiger partial charge in [-0.2, -0.15) is 0 Å². The van der Waals surface area contributed by atoms with Crippen molar-refractivity contribution in [2.24, 2.45) is 5.92 Å². The molecule has 1 amide bonds. The fraction of sp³-hybridized carbons (Fsp3) is 0.429. The number of nitrogens with one attached hydrogen (secondary N) is 1. The number of carbonyl (C=O) groups excluding carboxylic acids is 1. The van der Waals surface area contributed by atoms with Crippen LogP contribution in [0.25, 0.3) is 0 Å². The Labute approximate surface area is 137 Å². The van der Waals surface area contributed by atoms with Crippen LogP contribution in [0.2, 0.25) is 5.02 Å². The molecule has 1 saturated heterocycles. The first kappa shape index (κ1) is 17.2. The van der Waals surface area contributed by atoms with Gasteiger partial charge in [-0.3, -0.25) is 24.6 Å². The van der Waals surface area contributed by atoms with E-state index >= 15 is 0 Å². The molecule has 124 valence electrons. The monoisotopic (exact) mass is 341 g/mol. The van der Waals surface area contributed by atoms with Gasteiger partial charge in [0.15, 0.2) is 0 Å². The van der Waals surface area contributed by atoms with E-state index in [1.54, 1.807) is 4.90 Å². The van der Waals surface area contributed by atoms with Gasteiger partial charge < -0.3 is 10.4 Å². The number of aliphatic carboxylic acids is 1. The SMILES string of the molecule is O=C(CN1CCCC(C(=O)O)C1)Nc1ccc([N+](=O)[O-])cc1Cl. The van der Waals surface area contributed by atoms with E-state index in [0.717, 1.165) is 6.42 Å². The number of hydrogen-bond donors (Lipinski definition) is 2. The number of non-ortho nitro benzene ring substituents is 1. The van der Waals surface area contributed by atoms with Crippen LogP contribution >= 0.6 is 11.6 Å². The first-order valence-electron chi connectivity index (χ1n) is 7.06. The standard InChI is InChI=1S/C14H16ClN3O5/c15-11-6-10(18(22)23)3-4-12(11)16-13(19)8-17-5-1-2-9(7-17)14(20)21/h3-4,6,9H,1-2,5,7-8H2,(H,16,19)(H,20,21). The second-order valence-corrected chi connectivity index (χ2v) is 5.79. The van der Waals surface area contributed by atoms with Crippen molar-refractivity contribution in [3.8, 4) is 0 Å². The van der Waals surface area contributed by atoms with Crippen LogP contribution in [0, 0.1) is 16.0 Å². The number of nitrogens with zero attached hydrogens (tertiary/aromatic N) is 2. The van der Waals surface area contributed by atoms with Crippen LogP contribution in [0.3, 0.4) is 0 Å². The number of rotatable bonds is 5. The van der Waals surface area contributed by atoms with Gasteiger partial charge in [0.1, 0.15) is 0 Å². The quantitative estimate of drug-likeness (QED) is 0.625. The fourth-order valence-corrected chi connectivity index (χ4v) is 2.73. The number of carbonyl (C=O) groups is 2. The summed E-state index contributed by atoms with van der Waals surface area (Å²) >= 11 is 5.91. The predicted octanol–water partition coefficient (Wildman–Crippen LogP) is 1.98. The molecule has 23 heavy (non-hydrogen) atoms. The van der Waals surface area contributed by atoms with E-state index in [0.29, 0.717) is 19.5 Å². The third-order valence-corrected chi connectivity index (χ3v) is 3.97. The molecule has 1 atom stereocenters. The molecule has 0 radical (unpaired) electrons. The average Bonchev–Trinajstić information content (AvgIpc) is 2.49. The topological polar surface area (TPSA) is 113 Å². The number of carboxylic acids is 1. The number of anilines is 1. The number of amides is 1. The second-order valence-electron chi connectivity index (χ2n) is 5.38. The van der Waals surface area contributed by atoms with Crippen molar-refractivity contribution < 1.29 is 19.6 Å². The minimum Gasteiger partial charge on any atom is -0.481 e. The first-order chi connectivity index (χ1) is 10.9. The number of likely N-dealkylation sites (tertiary alicyclic amines) is 1. The lowest BCUT2D eigenvalue weighted by Crippen LogP contribution is -2.42. The zero-order chi connectivity index (χ0) is 17.0. The summed E-state index contributed by atoms with van der Waals surface area (Å²) in [7, 11) is 0. The summed E-state index contributed by atoms with van der Waals surface area (Å²) in [6.07, 6.45) is 1.34. The molecule has 0 spiro atoms. The molecule has 1 aromatic rings. The van der Waals surface area contributed by atoms with Gasteiger partial charge in [0.25, 0.3) is 5.69 Å². The van der Waals surface area contributed by atoms with Crippen molar-refractivity contribution in [3.05, 3.63) is 33.3 Å². The van der Waals surface area contributed by atoms with E-state index in [1.807, 2.05) is 0 Å². The Kier molecular flexibility index (Phi) is 5.51. The highest BCUT2D eigenvalue weighted by molar-refractivity contribution is 6.34. The molecule has 2 N–H and O–H groups in total. The number of benzene rings is 1. The van der Waals surface area contributed by atoms with Crippen LogP contribution < -0.4 is 5.32 Å². The summed E-state index contributed by atoms with van der Waals surface area (Å²) < 4.78 is 0. The zero-order valence-corrected chi connectivity index (χ0v) is 13.0. The molecule has 1 aliphatic rings. The molecule has 1 aromatic carbocycles. The maximum Gasteiger partial charge on any atom is 0.307 e. The molecule has 1 heterocycles. The van der Waals surface area contributed by atoms with Crippen LogP contribution in [0.5, 0.6) is 0 Å². The Morgan fingerprint density at radius 2 is 2.22 bits per heavy atom. The minimum atomic E-state index is -0.853. The second kappa shape index (κ2) is 7.38. The van der Waals surface area contributed by atoms with Crippen molar-refractivity contribution >= 4 is 34.9 Å². The van der Waals surface area contributed by atoms with E-state index in [1.165, 1.54) is 18.2 Å². The van der Waals surface area contributed by atoms with E-state index in [9.17, 15) is 19.7 Å². The smallest absolute Gasteiger partial charge is 0.307 e. The molecule has 0 bridgehead atoms. The summed E-state index contributed by atoms with van der Waals surface area (Å²) in [6.45, 7) is 1.04. The summed E-state index contributed by atoms with van der Waals surface area (Å²) in [6, 6.07) is 3.79. The summed E-state index contributed by atoms with van der Waals surface area (Å²) in [5.74, 6) is -1.65. The third-order valence-electron chi connectivity index (χ3n) is 3.66. The molecule has 2 rings (SSSR count). The van der Waals surface area contributed by atoms with Crippen molar-refractivity contribution in [1.29, 1.82) is 0 Å². The Morgan fingerprint density at radius 1 is 1.48 bits per heavy atom. The molecule has 0 saturated carbocycles. The molecule has 8 nitrogen and oxygen atoms in total. The lowest BCUT2D eigenvalue weighted by Gasteiger charge is -2.29. The summed E-state index contributed by atoms with van der Waals surface area (Å²) in [4.78, 5) is 34.9. The van der Waals surface area contributed by atoms with Crippen molar-refractivity contribution in [3.63, 3.8) is 0 Å². The van der Waals surface area contributed by atoms with Crippen LogP contribution in [0.15, 0.2) is 18.2 Å². The van der Waals surface area contributed by atoms with E-state index in [4.69, 9.17) is 16.7 Å². The van der Waals surface area contributed by atoms with Crippen molar-refractivity contribution in [2.45, 2.75) is 12.8 Å². The van der Waals surface area contributed by atoms with Gasteiger partial charge in [-0.1, -0.05) is 11.6 Å². The summed E-state index contributed by atoms with van der Waals surface area (Å²) in [5, 5.41) is 22.3. The minimum absolute atomic E-state index is 0.0527. The van der Waals surface area contributed by atoms with Gasteiger partial charge in [-0.15, -0.1) is 0 Å². The van der Waals surface area contributed by atoms with Crippen LogP contribution in [0.4, 0.5) is 11.4 Å². The molecule has 9 heteroatoms. The number of piperidine rings is 1. The maximum absolute atomic E-state index is 12.0. The Hall–Kier alpha value is -2.19. The van der Waals surface area contributed by atoms with E-state index < -0.39 is 16.8 Å². The molecule has 1 unspecified atom stereocenters. The largest absolute Gasteiger partial charge is 0.481 e. The van der Waals surface area contributed by atoms with Gasteiger partial charge in [0.2, 0.25) is 5.91 Å². The van der Waals surface area contributed by atoms with Gasteiger partial charge in [0, 0.05) is 18.7 Å². The molecule has 0 aliphatic carbocycles. The van der Waals surface area contributed by atoms with E-state index in [-0.39, 0.29) is 28.8 Å². The van der Waals surface area contributed by atoms with Gasteiger partial charge >= 0.3 is 5.97 Å². The van der Waals surface area contributed by atoms with Gasteiger partial charge in [-0.05, 0) is 25.5 Å². The number of hydrogen-bond acceptors (Lipinski definition) is 5. The highest BCUT2D eigenvalue weighted by Gasteiger charge is 2.26. The molecular formula is C14H16ClN3O5. The number of halogens is 1. The summed E-state index contributed by atoms with van der Waals surface area (Å²) in [5.41, 5.74) is 0.127. The lowest BCUT2D eigenvalue weighted by atomic mass is 9.98. The molecule has 1 fully saturated rings. The number of nitro benzene ring substituents is 1. The highest BCUT2D eigenvalue weighted by Crippen LogP contribution is 2.26. The first-order valence-corrected chi connectivity index (χ1v) is 7.43. The van der Waals surface area contributed by atoms with Crippen molar-refractivity contribution in [1.82, 2.24) is 4.90 Å². The normalized spacial score (nSPS) is 18.4. The molecular weight excluding hydrogens is 326 g/mol. The van der Waals surface area contributed by atoms with Crippen LogP contribution in [0.1, 0.15) is 12.8 Å². The van der Waals surface area contributed by atoms with Crippen LogP contribution in [-0.4, -0.2) is 46.4 Å². The van der Waals surface area contributed by atoms with Gasteiger partial charge in [-0.25, -0.2) is 0 Å². The Morgan fingerprint density at radius 3 is 2.83 bits per heavy atom. The lowest BCUT2D eigenvalue weighted by molar-refractivity contribution is -0.384. The number of carboxylic acid groups (broad SMARTS) is 1. The highest BCUT2D eigenvalue weighted by atomic mass is 35.5. The molecule has 0 aromatic heterocycles. The fourth-order valence-electron chi connectivity index (χ4n) is 2.51. The Bertz CT molecular complexity index is 637. The van der Waals surface area contributed by atoms with Crippen molar-refractivity contribution in [2.75, 3.05) is 25.0 Å². The Balaban J connectivity index is 1.94.